The van der Waals surface area contributed by atoms with E-state index in [1.165, 1.54) is 0 Å². The molecular weight excluding hydrogens is 499 g/mol. The second-order valence-electron chi connectivity index (χ2n) is 8.41. The van der Waals surface area contributed by atoms with Gasteiger partial charge in [-0.05, 0) is 18.6 Å². The second kappa shape index (κ2) is 9.17. The molecule has 194 valence electrons. The van der Waals surface area contributed by atoms with Gasteiger partial charge in [-0.3, -0.25) is 0 Å². The number of aliphatic hydroxyl groups is 1. The standard InChI is InChI=1S/C22H19F9O4/c1-3-4-19(2)9-33-22(32,34-10-19)11-5-13(23)18(14(24)6-11)21(30,31)35-12-7-15(25)17(16(26)8-12)20(27,28)29/h5-8,32H,3-4,9-10H2,1-2H3. The molecule has 0 atom stereocenters. The lowest BCUT2D eigenvalue weighted by atomic mass is 9.86. The molecule has 2 aromatic rings. The van der Waals surface area contributed by atoms with E-state index in [-0.39, 0.29) is 37.5 Å². The Labute approximate surface area is 193 Å². The number of hydrogen-bond donors (Lipinski definition) is 1. The summed E-state index contributed by atoms with van der Waals surface area (Å²) in [6.45, 7) is 3.52. The summed E-state index contributed by atoms with van der Waals surface area (Å²) in [5.41, 5.74) is -5.59. The highest BCUT2D eigenvalue weighted by Crippen LogP contribution is 2.42. The third kappa shape index (κ3) is 5.51. The van der Waals surface area contributed by atoms with Crippen LogP contribution in [0.4, 0.5) is 39.5 Å². The highest BCUT2D eigenvalue weighted by atomic mass is 19.4. The average Bonchev–Trinajstić information content (AvgIpc) is 2.68. The number of halogens is 9. The molecule has 1 fully saturated rings. The molecule has 0 saturated carbocycles. The minimum Gasteiger partial charge on any atom is -0.429 e. The fourth-order valence-corrected chi connectivity index (χ4v) is 3.65. The van der Waals surface area contributed by atoms with E-state index >= 15 is 0 Å². The van der Waals surface area contributed by atoms with Gasteiger partial charge in [-0.15, -0.1) is 0 Å². The summed E-state index contributed by atoms with van der Waals surface area (Å²) in [6.07, 6.45) is -9.01. The third-order valence-electron chi connectivity index (χ3n) is 5.33. The van der Waals surface area contributed by atoms with Crippen LogP contribution in [-0.4, -0.2) is 18.3 Å². The molecule has 1 saturated heterocycles. The zero-order valence-corrected chi connectivity index (χ0v) is 18.2. The molecule has 0 radical (unpaired) electrons. The van der Waals surface area contributed by atoms with Crippen molar-refractivity contribution in [2.75, 3.05) is 13.2 Å². The van der Waals surface area contributed by atoms with Gasteiger partial charge in [-0.2, -0.15) is 22.0 Å². The van der Waals surface area contributed by atoms with E-state index in [9.17, 15) is 44.6 Å². The normalized spacial score (nSPS) is 23.4. The monoisotopic (exact) mass is 518 g/mol. The molecule has 1 aliphatic heterocycles. The third-order valence-corrected chi connectivity index (χ3v) is 5.33. The van der Waals surface area contributed by atoms with Crippen LogP contribution in [0.15, 0.2) is 24.3 Å². The van der Waals surface area contributed by atoms with Crippen molar-refractivity contribution in [3.8, 4) is 5.75 Å². The minimum absolute atomic E-state index is 0.0767. The molecule has 0 aliphatic carbocycles. The second-order valence-corrected chi connectivity index (χ2v) is 8.41. The number of ether oxygens (including phenoxy) is 3. The Morgan fingerprint density at radius 2 is 1.31 bits per heavy atom. The van der Waals surface area contributed by atoms with Gasteiger partial charge in [-0.1, -0.05) is 20.3 Å². The maximum absolute atomic E-state index is 14.6. The van der Waals surface area contributed by atoms with Gasteiger partial charge in [0.1, 0.15) is 40.1 Å². The first-order chi connectivity index (χ1) is 16.0. The summed E-state index contributed by atoms with van der Waals surface area (Å²) < 4.78 is 138. The van der Waals surface area contributed by atoms with Crippen molar-refractivity contribution in [2.45, 2.75) is 44.9 Å². The van der Waals surface area contributed by atoms with Gasteiger partial charge >= 0.3 is 18.3 Å². The van der Waals surface area contributed by atoms with E-state index in [2.05, 4.69) is 4.74 Å². The van der Waals surface area contributed by atoms with Crippen LogP contribution >= 0.6 is 0 Å². The Morgan fingerprint density at radius 3 is 1.74 bits per heavy atom. The lowest BCUT2D eigenvalue weighted by Gasteiger charge is -2.41. The lowest BCUT2D eigenvalue weighted by molar-refractivity contribution is -0.415. The van der Waals surface area contributed by atoms with Gasteiger partial charge in [0.15, 0.2) is 0 Å². The number of alkyl halides is 5. The van der Waals surface area contributed by atoms with Gasteiger partial charge in [0.25, 0.3) is 0 Å². The van der Waals surface area contributed by atoms with Crippen LogP contribution in [0.5, 0.6) is 5.75 Å². The quantitative estimate of drug-likeness (QED) is 0.453. The van der Waals surface area contributed by atoms with Crippen LogP contribution < -0.4 is 4.74 Å². The largest absolute Gasteiger partial charge is 0.432 e. The van der Waals surface area contributed by atoms with Crippen LogP contribution in [0.3, 0.4) is 0 Å². The van der Waals surface area contributed by atoms with Crippen LogP contribution in [-0.2, 0) is 27.7 Å². The highest BCUT2D eigenvalue weighted by molar-refractivity contribution is 5.35. The summed E-state index contributed by atoms with van der Waals surface area (Å²) in [6, 6.07) is 0.158. The fraction of sp³-hybridized carbons (Fsp3) is 0.455. The molecule has 2 aromatic carbocycles. The average molecular weight is 518 g/mol. The van der Waals surface area contributed by atoms with Gasteiger partial charge in [-0.25, -0.2) is 17.6 Å². The van der Waals surface area contributed by atoms with Crippen LogP contribution in [0, 0.1) is 28.7 Å². The molecule has 3 rings (SSSR count). The number of benzene rings is 2. The van der Waals surface area contributed by atoms with E-state index in [0.717, 1.165) is 6.42 Å². The number of hydrogen-bond acceptors (Lipinski definition) is 4. The highest BCUT2D eigenvalue weighted by Gasteiger charge is 2.47. The van der Waals surface area contributed by atoms with E-state index in [0.29, 0.717) is 6.42 Å². The minimum atomic E-state index is -5.47. The van der Waals surface area contributed by atoms with E-state index in [4.69, 9.17) is 9.47 Å². The van der Waals surface area contributed by atoms with Crippen molar-refractivity contribution in [2.24, 2.45) is 5.41 Å². The molecular formula is C22H19F9O4. The van der Waals surface area contributed by atoms with E-state index in [1.807, 2.05) is 6.92 Å². The summed E-state index contributed by atoms with van der Waals surface area (Å²) in [7, 11) is 0. The summed E-state index contributed by atoms with van der Waals surface area (Å²) in [5, 5.41) is 10.5. The molecule has 0 spiro atoms. The Morgan fingerprint density at radius 1 is 0.857 bits per heavy atom. The van der Waals surface area contributed by atoms with Crippen molar-refractivity contribution in [3.63, 3.8) is 0 Å². The van der Waals surface area contributed by atoms with Gasteiger partial charge < -0.3 is 19.3 Å². The molecule has 0 unspecified atom stereocenters. The van der Waals surface area contributed by atoms with Crippen LogP contribution in [0.25, 0.3) is 0 Å². The van der Waals surface area contributed by atoms with Crippen molar-refractivity contribution in [3.05, 3.63) is 64.2 Å². The zero-order chi connectivity index (χ0) is 26.4. The number of rotatable bonds is 6. The summed E-state index contributed by atoms with van der Waals surface area (Å²) >= 11 is 0. The smallest absolute Gasteiger partial charge is 0.429 e. The van der Waals surface area contributed by atoms with E-state index < -0.39 is 69.4 Å². The summed E-state index contributed by atoms with van der Waals surface area (Å²) in [4.78, 5) is 0. The summed E-state index contributed by atoms with van der Waals surface area (Å²) in [5.74, 6) is -12.6. The molecule has 1 heterocycles. The Kier molecular flexibility index (Phi) is 7.10. The topological polar surface area (TPSA) is 47.9 Å². The first-order valence-corrected chi connectivity index (χ1v) is 10.1. The van der Waals surface area contributed by atoms with Crippen molar-refractivity contribution >= 4 is 0 Å². The first kappa shape index (κ1) is 27.1. The molecule has 4 nitrogen and oxygen atoms in total. The first-order valence-electron chi connectivity index (χ1n) is 10.1. The van der Waals surface area contributed by atoms with Crippen molar-refractivity contribution in [1.29, 1.82) is 0 Å². The van der Waals surface area contributed by atoms with Crippen LogP contribution in [0.2, 0.25) is 0 Å². The molecule has 1 N–H and O–H groups in total. The fourth-order valence-electron chi connectivity index (χ4n) is 3.65. The molecule has 0 amide bonds. The predicted octanol–water partition coefficient (Wildman–Crippen LogP) is 6.35. The maximum Gasteiger partial charge on any atom is 0.432 e. The molecule has 0 bridgehead atoms. The SMILES string of the molecule is CCCC1(C)COC(O)(c2cc(F)c(C(F)(F)Oc3cc(F)c(C(F)(F)F)c(F)c3)c(F)c2)OC1. The molecule has 13 heteroatoms. The van der Waals surface area contributed by atoms with Gasteiger partial charge in [0.05, 0.1) is 13.2 Å². The maximum atomic E-state index is 14.6. The van der Waals surface area contributed by atoms with Gasteiger partial charge in [0.2, 0.25) is 0 Å². The Hall–Kier alpha value is -2.51. The van der Waals surface area contributed by atoms with Crippen LogP contribution in [0.1, 0.15) is 43.4 Å². The van der Waals surface area contributed by atoms with Crippen molar-refractivity contribution < 1.29 is 58.8 Å². The van der Waals surface area contributed by atoms with E-state index in [1.54, 1.807) is 6.92 Å². The van der Waals surface area contributed by atoms with Crippen molar-refractivity contribution in [1.82, 2.24) is 0 Å². The molecule has 1 aliphatic rings. The Bertz CT molecular complexity index is 1050. The van der Waals surface area contributed by atoms with Gasteiger partial charge in [0, 0.05) is 23.1 Å². The predicted molar refractivity (Wildman–Crippen MR) is 101 cm³/mol. The molecule has 35 heavy (non-hydrogen) atoms. The zero-order valence-electron chi connectivity index (χ0n) is 18.2. The Balaban J connectivity index is 1.89. The lowest BCUT2D eigenvalue weighted by Crippen LogP contribution is -2.46. The molecule has 0 aromatic heterocycles.